The molecule has 0 atom stereocenters. The van der Waals surface area contributed by atoms with Crippen LogP contribution in [0.5, 0.6) is 0 Å². The second-order valence-electron chi connectivity index (χ2n) is 13.0. The SMILES string of the molecule is CC1=CC=C(N(c2ccc(N(c3ccccc3)c3cccc(C)c3)cc2)c2ccc(N(c3ccccc3)c3cc(C)ccc3C)cc2)CC1. The number of aryl methyl sites for hydroxylation is 3. The lowest BCUT2D eigenvalue weighted by Gasteiger charge is -2.32. The first-order valence-electron chi connectivity index (χ1n) is 17.2. The van der Waals surface area contributed by atoms with Crippen molar-refractivity contribution >= 4 is 45.5 Å². The second kappa shape index (κ2) is 14.1. The highest BCUT2D eigenvalue weighted by Gasteiger charge is 2.20. The fraction of sp³-hybridized carbons (Fsp3) is 0.130. The maximum absolute atomic E-state index is 2.42. The number of hydrogen-bond donors (Lipinski definition) is 0. The molecule has 0 amide bonds. The fourth-order valence-electron chi connectivity index (χ4n) is 6.65. The van der Waals surface area contributed by atoms with Crippen LogP contribution >= 0.6 is 0 Å². The molecule has 242 valence electrons. The molecule has 3 nitrogen and oxygen atoms in total. The Balaban J connectivity index is 1.28. The Morgan fingerprint density at radius 3 is 1.41 bits per heavy atom. The van der Waals surface area contributed by atoms with E-state index in [0.717, 1.165) is 52.7 Å². The first kappa shape index (κ1) is 31.8. The number of para-hydroxylation sites is 2. The molecule has 0 saturated carbocycles. The Morgan fingerprint density at radius 2 is 0.857 bits per heavy atom. The molecule has 0 N–H and O–H groups in total. The van der Waals surface area contributed by atoms with E-state index in [1.807, 2.05) is 0 Å². The smallest absolute Gasteiger partial charge is 0.0493 e. The van der Waals surface area contributed by atoms with Crippen molar-refractivity contribution < 1.29 is 0 Å². The minimum Gasteiger partial charge on any atom is -0.314 e. The number of hydrogen-bond acceptors (Lipinski definition) is 3. The van der Waals surface area contributed by atoms with E-state index in [4.69, 9.17) is 0 Å². The van der Waals surface area contributed by atoms with E-state index in [9.17, 15) is 0 Å². The average Bonchev–Trinajstić information content (AvgIpc) is 3.13. The van der Waals surface area contributed by atoms with Crippen molar-refractivity contribution in [1.82, 2.24) is 0 Å². The van der Waals surface area contributed by atoms with Crippen LogP contribution in [0.3, 0.4) is 0 Å². The molecule has 1 aliphatic carbocycles. The van der Waals surface area contributed by atoms with Gasteiger partial charge in [-0.2, -0.15) is 0 Å². The van der Waals surface area contributed by atoms with Crippen molar-refractivity contribution in [3.05, 3.63) is 192 Å². The summed E-state index contributed by atoms with van der Waals surface area (Å²) in [5.41, 5.74) is 15.6. The molecular weight excluding hydrogens is 595 g/mol. The lowest BCUT2D eigenvalue weighted by Crippen LogP contribution is -2.18. The van der Waals surface area contributed by atoms with Gasteiger partial charge in [0.15, 0.2) is 0 Å². The van der Waals surface area contributed by atoms with Gasteiger partial charge in [0, 0.05) is 51.2 Å². The highest BCUT2D eigenvalue weighted by molar-refractivity contribution is 5.82. The molecule has 7 rings (SSSR count). The van der Waals surface area contributed by atoms with Crippen LogP contribution in [0.25, 0.3) is 0 Å². The van der Waals surface area contributed by atoms with Crippen LogP contribution in [0.2, 0.25) is 0 Å². The van der Waals surface area contributed by atoms with Crippen LogP contribution in [0.1, 0.15) is 36.5 Å². The summed E-state index contributed by atoms with van der Waals surface area (Å²) in [5.74, 6) is 0. The van der Waals surface area contributed by atoms with Crippen molar-refractivity contribution in [2.45, 2.75) is 40.5 Å². The molecule has 0 unspecified atom stereocenters. The molecular formula is C46H43N3. The predicted molar refractivity (Wildman–Crippen MR) is 210 cm³/mol. The van der Waals surface area contributed by atoms with E-state index >= 15 is 0 Å². The molecule has 0 bridgehead atoms. The summed E-state index contributed by atoms with van der Waals surface area (Å²) in [7, 11) is 0. The van der Waals surface area contributed by atoms with Gasteiger partial charge in [0.2, 0.25) is 0 Å². The van der Waals surface area contributed by atoms with Crippen LogP contribution in [0.4, 0.5) is 45.5 Å². The topological polar surface area (TPSA) is 9.72 Å². The van der Waals surface area contributed by atoms with Crippen LogP contribution in [0, 0.1) is 20.8 Å². The van der Waals surface area contributed by atoms with E-state index in [1.54, 1.807) is 0 Å². The third-order valence-corrected chi connectivity index (χ3v) is 9.25. The molecule has 0 heterocycles. The Morgan fingerprint density at radius 1 is 0.367 bits per heavy atom. The van der Waals surface area contributed by atoms with Crippen molar-refractivity contribution in [2.75, 3.05) is 14.7 Å². The van der Waals surface area contributed by atoms with Gasteiger partial charge in [0.05, 0.1) is 0 Å². The van der Waals surface area contributed by atoms with Gasteiger partial charge < -0.3 is 14.7 Å². The van der Waals surface area contributed by atoms with Gasteiger partial charge >= 0.3 is 0 Å². The molecule has 49 heavy (non-hydrogen) atoms. The molecule has 0 aromatic heterocycles. The summed E-state index contributed by atoms with van der Waals surface area (Å²) in [5, 5.41) is 0. The van der Waals surface area contributed by atoms with Crippen molar-refractivity contribution in [2.24, 2.45) is 0 Å². The first-order valence-corrected chi connectivity index (χ1v) is 17.2. The van der Waals surface area contributed by atoms with Crippen LogP contribution in [-0.2, 0) is 0 Å². The maximum atomic E-state index is 2.42. The lowest BCUT2D eigenvalue weighted by molar-refractivity contribution is 0.874. The maximum Gasteiger partial charge on any atom is 0.0493 e. The molecule has 0 saturated heterocycles. The van der Waals surface area contributed by atoms with E-state index in [0.29, 0.717) is 0 Å². The zero-order valence-corrected chi connectivity index (χ0v) is 28.8. The minimum absolute atomic E-state index is 0.990. The monoisotopic (exact) mass is 637 g/mol. The molecule has 0 radical (unpaired) electrons. The largest absolute Gasteiger partial charge is 0.314 e. The Bertz CT molecular complexity index is 2090. The molecule has 6 aromatic rings. The van der Waals surface area contributed by atoms with Crippen LogP contribution in [0.15, 0.2) is 175 Å². The fourth-order valence-corrected chi connectivity index (χ4v) is 6.65. The standard InChI is InChI=1S/C46H43N3/c1-34-19-22-40(23-20-34)47(41-24-26-43(27-25-41)48(38-13-7-5-8-14-38)45-17-11-12-35(2)32-45)42-28-30-44(31-29-42)49(39-15-9-6-10-16-39)46-33-36(3)18-21-37(46)4/h5-19,21-22,24-33H,20,23H2,1-4H3. The average molecular weight is 638 g/mol. The van der Waals surface area contributed by atoms with Gasteiger partial charge in [-0.25, -0.2) is 0 Å². The van der Waals surface area contributed by atoms with E-state index in [-0.39, 0.29) is 0 Å². The number of nitrogens with zero attached hydrogens (tertiary/aromatic N) is 3. The number of anilines is 8. The number of allylic oxidation sites excluding steroid dienone is 4. The van der Waals surface area contributed by atoms with Gasteiger partial charge in [-0.15, -0.1) is 0 Å². The zero-order valence-electron chi connectivity index (χ0n) is 28.8. The summed E-state index contributed by atoms with van der Waals surface area (Å²) < 4.78 is 0. The third-order valence-electron chi connectivity index (χ3n) is 9.25. The summed E-state index contributed by atoms with van der Waals surface area (Å²) in [6, 6.07) is 54.7. The van der Waals surface area contributed by atoms with Crippen LogP contribution < -0.4 is 14.7 Å². The zero-order chi connectivity index (χ0) is 33.7. The van der Waals surface area contributed by atoms with Gasteiger partial charge in [0.1, 0.15) is 0 Å². The Kier molecular flexibility index (Phi) is 9.16. The molecule has 0 fully saturated rings. The first-order chi connectivity index (χ1) is 23.9. The molecule has 0 aliphatic heterocycles. The molecule has 1 aliphatic rings. The lowest BCUT2D eigenvalue weighted by atomic mass is 10.0. The van der Waals surface area contributed by atoms with Gasteiger partial charge in [-0.3, -0.25) is 0 Å². The summed E-state index contributed by atoms with van der Waals surface area (Å²) >= 11 is 0. The van der Waals surface area contributed by atoms with Crippen LogP contribution in [-0.4, -0.2) is 0 Å². The summed E-state index contributed by atoms with van der Waals surface area (Å²) in [4.78, 5) is 7.11. The van der Waals surface area contributed by atoms with Crippen molar-refractivity contribution in [1.29, 1.82) is 0 Å². The predicted octanol–water partition coefficient (Wildman–Crippen LogP) is 13.3. The molecule has 6 aromatic carbocycles. The van der Waals surface area contributed by atoms with Gasteiger partial charge in [0.25, 0.3) is 0 Å². The Labute approximate surface area is 291 Å². The highest BCUT2D eigenvalue weighted by atomic mass is 15.2. The van der Waals surface area contributed by atoms with E-state index < -0.39 is 0 Å². The third kappa shape index (κ3) is 6.93. The van der Waals surface area contributed by atoms with Crippen molar-refractivity contribution in [3.63, 3.8) is 0 Å². The summed E-state index contributed by atoms with van der Waals surface area (Å²) in [6.45, 7) is 8.71. The number of rotatable bonds is 9. The van der Waals surface area contributed by atoms with Gasteiger partial charge in [-0.1, -0.05) is 72.3 Å². The Hall–Kier alpha value is -5.80. The molecule has 3 heteroatoms. The van der Waals surface area contributed by atoms with Crippen molar-refractivity contribution in [3.8, 4) is 0 Å². The number of benzene rings is 6. The molecule has 0 spiro atoms. The minimum atomic E-state index is 0.990. The van der Waals surface area contributed by atoms with E-state index in [1.165, 1.54) is 33.6 Å². The van der Waals surface area contributed by atoms with Gasteiger partial charge in [-0.05, 0) is 154 Å². The van der Waals surface area contributed by atoms with E-state index in [2.05, 4.69) is 206 Å². The second-order valence-corrected chi connectivity index (χ2v) is 13.0. The quantitative estimate of drug-likeness (QED) is 0.156. The normalized spacial score (nSPS) is 12.6. The highest BCUT2D eigenvalue weighted by Crippen LogP contribution is 2.41. The summed E-state index contributed by atoms with van der Waals surface area (Å²) in [6.07, 6.45) is 6.60.